The van der Waals surface area contributed by atoms with E-state index < -0.39 is 28.2 Å². The number of ether oxygens (including phenoxy) is 1. The summed E-state index contributed by atoms with van der Waals surface area (Å²) in [6.45, 7) is 0. The average Bonchev–Trinajstić information content (AvgIpc) is 2.43. The van der Waals surface area contributed by atoms with Crippen molar-refractivity contribution >= 4 is 28.2 Å². The molecule has 1 aliphatic rings. The Balaban J connectivity index is 2.75. The van der Waals surface area contributed by atoms with Crippen LogP contribution >= 0.6 is 0 Å². The maximum atomic E-state index is 12.4. The van der Waals surface area contributed by atoms with Crippen molar-refractivity contribution < 1.29 is 19.1 Å². The summed E-state index contributed by atoms with van der Waals surface area (Å²) in [5, 5.41) is 0. The quantitative estimate of drug-likeness (QED) is 0.612. The predicted molar refractivity (Wildman–Crippen MR) is 75.8 cm³/mol. The minimum absolute atomic E-state index is 0.103. The Bertz CT molecular complexity index is 684. The number of carbonyl (C=O) groups excluding carboxylic acids is 3. The first kappa shape index (κ1) is 14.3. The number of fused-ring (bicyclic) bond motifs is 1. The van der Waals surface area contributed by atoms with E-state index in [0.717, 1.165) is 0 Å². The summed E-state index contributed by atoms with van der Waals surface area (Å²) >= 11 is 0. The normalized spacial score (nSPS) is 14.4. The smallest absolute Gasteiger partial charge is 0.344 e. The zero-order chi connectivity index (χ0) is 14.9. The second-order valence-corrected chi connectivity index (χ2v) is 6.01. The summed E-state index contributed by atoms with van der Waals surface area (Å²) in [5.41, 5.74) is 0.101. The standard InChI is InChI=1S/C14H13NO4S/c1-19-14(18)10-11(15-20(2)3)13(17)9-7-5-4-6-8(9)12(10)16/h4-7H,1-3H3. The summed E-state index contributed by atoms with van der Waals surface area (Å²) in [4.78, 5) is 36.6. The van der Waals surface area contributed by atoms with E-state index >= 15 is 0 Å². The maximum Gasteiger partial charge on any atom is 0.344 e. The fraction of sp³-hybridized carbons (Fsp3) is 0.214. The molecule has 0 unspecified atom stereocenters. The number of rotatable bonds is 2. The molecule has 20 heavy (non-hydrogen) atoms. The third-order valence-corrected chi connectivity index (χ3v) is 3.31. The highest BCUT2D eigenvalue weighted by Gasteiger charge is 2.36. The van der Waals surface area contributed by atoms with Crippen molar-refractivity contribution in [1.82, 2.24) is 0 Å². The number of benzene rings is 1. The highest BCUT2D eigenvalue weighted by atomic mass is 32.2. The average molecular weight is 291 g/mol. The zero-order valence-electron chi connectivity index (χ0n) is 11.3. The zero-order valence-corrected chi connectivity index (χ0v) is 12.1. The van der Waals surface area contributed by atoms with Crippen LogP contribution in [0.25, 0.3) is 0 Å². The molecule has 0 amide bonds. The fourth-order valence-electron chi connectivity index (χ4n) is 1.92. The molecule has 0 heterocycles. The van der Waals surface area contributed by atoms with Crippen LogP contribution in [0.15, 0.2) is 39.9 Å². The first-order valence-corrected chi connectivity index (χ1v) is 7.77. The van der Waals surface area contributed by atoms with Crippen LogP contribution in [0.1, 0.15) is 20.7 Å². The molecule has 1 aliphatic carbocycles. The van der Waals surface area contributed by atoms with Crippen LogP contribution in [-0.2, 0) is 20.2 Å². The molecule has 0 aliphatic heterocycles. The molecular weight excluding hydrogens is 278 g/mol. The lowest BCUT2D eigenvalue weighted by Gasteiger charge is -2.17. The number of methoxy groups -OCH3 is 1. The van der Waals surface area contributed by atoms with Gasteiger partial charge in [0.05, 0.1) is 7.11 Å². The minimum Gasteiger partial charge on any atom is -0.465 e. The lowest BCUT2D eigenvalue weighted by molar-refractivity contribution is -0.135. The first-order valence-electron chi connectivity index (χ1n) is 5.77. The third kappa shape index (κ3) is 2.34. The van der Waals surface area contributed by atoms with E-state index in [1.165, 1.54) is 13.2 Å². The van der Waals surface area contributed by atoms with Crippen molar-refractivity contribution in [2.24, 2.45) is 4.36 Å². The Kier molecular flexibility index (Phi) is 3.94. The maximum absolute atomic E-state index is 12.4. The largest absolute Gasteiger partial charge is 0.465 e. The van der Waals surface area contributed by atoms with E-state index in [1.54, 1.807) is 30.7 Å². The predicted octanol–water partition coefficient (Wildman–Crippen LogP) is 1.55. The number of nitrogens with zero attached hydrogens (tertiary/aromatic N) is 1. The van der Waals surface area contributed by atoms with Crippen molar-refractivity contribution in [3.05, 3.63) is 46.7 Å². The van der Waals surface area contributed by atoms with Crippen LogP contribution in [0, 0.1) is 0 Å². The highest BCUT2D eigenvalue weighted by Crippen LogP contribution is 2.28. The molecule has 1 aromatic carbocycles. The monoisotopic (exact) mass is 291 g/mol. The topological polar surface area (TPSA) is 72.8 Å². The van der Waals surface area contributed by atoms with Gasteiger partial charge < -0.3 is 4.74 Å². The molecular formula is C14H13NO4S. The van der Waals surface area contributed by atoms with E-state index in [2.05, 4.69) is 9.10 Å². The summed E-state index contributed by atoms with van der Waals surface area (Å²) in [7, 11) is 0.691. The summed E-state index contributed by atoms with van der Waals surface area (Å²) < 4.78 is 8.76. The Labute approximate surface area is 118 Å². The van der Waals surface area contributed by atoms with Gasteiger partial charge in [0.15, 0.2) is 0 Å². The third-order valence-electron chi connectivity index (χ3n) is 2.76. The molecule has 1 aromatic rings. The molecule has 5 nitrogen and oxygen atoms in total. The summed E-state index contributed by atoms with van der Waals surface area (Å²) in [5.74, 6) is -1.76. The molecule has 0 bridgehead atoms. The van der Waals surface area contributed by atoms with Gasteiger partial charge in [-0.3, -0.25) is 9.59 Å². The van der Waals surface area contributed by atoms with Crippen LogP contribution in [0.4, 0.5) is 0 Å². The van der Waals surface area contributed by atoms with Gasteiger partial charge in [0.2, 0.25) is 11.6 Å². The van der Waals surface area contributed by atoms with Gasteiger partial charge in [0.1, 0.15) is 11.3 Å². The van der Waals surface area contributed by atoms with Gasteiger partial charge in [0, 0.05) is 11.1 Å². The first-order chi connectivity index (χ1) is 9.47. The Morgan fingerprint density at radius 3 is 2.15 bits per heavy atom. The van der Waals surface area contributed by atoms with Gasteiger partial charge in [-0.2, -0.15) is 0 Å². The van der Waals surface area contributed by atoms with Gasteiger partial charge in [0.25, 0.3) is 0 Å². The number of hydrogen-bond acceptors (Lipinski definition) is 5. The molecule has 6 heteroatoms. The van der Waals surface area contributed by atoms with Crippen LogP contribution in [0.5, 0.6) is 0 Å². The van der Waals surface area contributed by atoms with E-state index in [0.29, 0.717) is 0 Å². The van der Waals surface area contributed by atoms with Crippen molar-refractivity contribution in [3.63, 3.8) is 0 Å². The molecule has 0 atom stereocenters. The molecule has 2 rings (SSSR count). The molecule has 0 aromatic heterocycles. The Hall–Kier alpha value is -2.08. The molecule has 0 saturated carbocycles. The second-order valence-electron chi connectivity index (χ2n) is 4.28. The van der Waals surface area contributed by atoms with E-state index in [1.807, 2.05) is 0 Å². The van der Waals surface area contributed by atoms with Crippen LogP contribution in [0.3, 0.4) is 0 Å². The van der Waals surface area contributed by atoms with E-state index in [4.69, 9.17) is 0 Å². The van der Waals surface area contributed by atoms with Gasteiger partial charge in [-0.05, 0) is 12.5 Å². The van der Waals surface area contributed by atoms with Gasteiger partial charge >= 0.3 is 5.97 Å². The number of hydrogen-bond donors (Lipinski definition) is 0. The number of carbonyl (C=O) groups is 3. The van der Waals surface area contributed by atoms with Gasteiger partial charge in [-0.25, -0.2) is 9.16 Å². The number of ketones is 2. The van der Waals surface area contributed by atoms with Crippen molar-refractivity contribution in [3.8, 4) is 0 Å². The highest BCUT2D eigenvalue weighted by molar-refractivity contribution is 7.85. The van der Waals surface area contributed by atoms with Crippen LogP contribution < -0.4 is 0 Å². The van der Waals surface area contributed by atoms with Crippen molar-refractivity contribution in [2.45, 2.75) is 0 Å². The van der Waals surface area contributed by atoms with E-state index in [9.17, 15) is 14.4 Å². The van der Waals surface area contributed by atoms with Crippen molar-refractivity contribution in [2.75, 3.05) is 19.6 Å². The molecule has 0 fully saturated rings. The molecule has 0 saturated heterocycles. The van der Waals surface area contributed by atoms with Gasteiger partial charge in [-0.1, -0.05) is 24.3 Å². The minimum atomic E-state index is -0.831. The summed E-state index contributed by atoms with van der Waals surface area (Å²) in [6.07, 6.45) is 3.58. The van der Waals surface area contributed by atoms with Crippen LogP contribution in [-0.4, -0.2) is 37.2 Å². The van der Waals surface area contributed by atoms with Crippen molar-refractivity contribution in [1.29, 1.82) is 0 Å². The Morgan fingerprint density at radius 1 is 1.10 bits per heavy atom. The number of esters is 1. The SMILES string of the molecule is COC(=O)C1=C(N=S(C)C)C(=O)c2ccccc2C1=O. The van der Waals surface area contributed by atoms with Crippen LogP contribution in [0.2, 0.25) is 0 Å². The fourth-order valence-corrected chi connectivity index (χ4v) is 2.46. The van der Waals surface area contributed by atoms with Gasteiger partial charge in [-0.15, -0.1) is 10.7 Å². The summed E-state index contributed by atoms with van der Waals surface area (Å²) in [6, 6.07) is 6.39. The number of Topliss-reactive ketones (excluding diaryl/α,β-unsaturated/α-hetero) is 2. The van der Waals surface area contributed by atoms with E-state index in [-0.39, 0.29) is 22.4 Å². The lowest BCUT2D eigenvalue weighted by Crippen LogP contribution is -2.26. The molecule has 0 radical (unpaired) electrons. The number of allylic oxidation sites excluding steroid dienone is 1. The lowest BCUT2D eigenvalue weighted by atomic mass is 9.87. The molecule has 0 spiro atoms. The molecule has 104 valence electrons. The second kappa shape index (κ2) is 5.50. The molecule has 0 N–H and O–H groups in total. The Morgan fingerprint density at radius 2 is 1.65 bits per heavy atom.